The van der Waals surface area contributed by atoms with Gasteiger partial charge in [-0.05, 0) is 56.2 Å². The average molecular weight is 389 g/mol. The van der Waals surface area contributed by atoms with Crippen LogP contribution in [0.1, 0.15) is 40.9 Å². The first kappa shape index (κ1) is 18.6. The summed E-state index contributed by atoms with van der Waals surface area (Å²) in [5.41, 5.74) is 2.28. The van der Waals surface area contributed by atoms with Gasteiger partial charge in [-0.3, -0.25) is 14.4 Å². The molecule has 0 radical (unpaired) electrons. The number of carbonyl (C=O) groups excluding carboxylic acids is 1. The third-order valence-corrected chi connectivity index (χ3v) is 5.10. The SMILES string of the molecule is Cc1ccc(Nc2c(C(=O)NOCC3CC3)c3n(c(=O)c2F)CCC3)c(F)c1. The number of halogens is 2. The lowest BCUT2D eigenvalue weighted by Gasteiger charge is -2.18. The number of nitrogens with zero attached hydrogens (tertiary/aromatic N) is 1. The van der Waals surface area contributed by atoms with Crippen LogP contribution in [0.3, 0.4) is 0 Å². The molecule has 2 N–H and O–H groups in total. The number of nitrogens with one attached hydrogen (secondary N) is 2. The number of benzene rings is 1. The van der Waals surface area contributed by atoms with Crippen LogP contribution in [0.2, 0.25) is 0 Å². The van der Waals surface area contributed by atoms with Crippen LogP contribution in [0.5, 0.6) is 0 Å². The molecule has 1 aliphatic heterocycles. The van der Waals surface area contributed by atoms with Crippen LogP contribution >= 0.6 is 0 Å². The van der Waals surface area contributed by atoms with Crippen molar-refractivity contribution in [2.75, 3.05) is 11.9 Å². The number of fused-ring (bicyclic) bond motifs is 1. The van der Waals surface area contributed by atoms with E-state index in [1.807, 2.05) is 0 Å². The van der Waals surface area contributed by atoms with E-state index in [1.165, 1.54) is 16.7 Å². The Bertz CT molecular complexity index is 999. The highest BCUT2D eigenvalue weighted by Gasteiger charge is 2.30. The zero-order chi connectivity index (χ0) is 19.8. The van der Waals surface area contributed by atoms with Gasteiger partial charge in [0.2, 0.25) is 5.82 Å². The van der Waals surface area contributed by atoms with Crippen molar-refractivity contribution in [1.82, 2.24) is 10.0 Å². The summed E-state index contributed by atoms with van der Waals surface area (Å²) in [7, 11) is 0. The normalized spacial score (nSPS) is 15.4. The number of hydrogen-bond acceptors (Lipinski definition) is 4. The van der Waals surface area contributed by atoms with E-state index in [9.17, 15) is 18.4 Å². The summed E-state index contributed by atoms with van der Waals surface area (Å²) in [6, 6.07) is 4.39. The number of anilines is 2. The molecule has 2 heterocycles. The second kappa shape index (κ2) is 7.35. The number of hydrogen-bond donors (Lipinski definition) is 2. The molecule has 0 unspecified atom stereocenters. The van der Waals surface area contributed by atoms with E-state index in [-0.39, 0.29) is 16.9 Å². The van der Waals surface area contributed by atoms with Gasteiger partial charge in [0.05, 0.1) is 23.5 Å². The van der Waals surface area contributed by atoms with E-state index in [4.69, 9.17) is 4.84 Å². The lowest BCUT2D eigenvalue weighted by atomic mass is 10.1. The molecule has 1 aromatic heterocycles. The summed E-state index contributed by atoms with van der Waals surface area (Å²) in [6.45, 7) is 2.46. The quantitative estimate of drug-likeness (QED) is 0.745. The molecule has 4 rings (SSSR count). The Balaban J connectivity index is 1.73. The fourth-order valence-corrected chi connectivity index (χ4v) is 3.42. The molecule has 8 heteroatoms. The van der Waals surface area contributed by atoms with E-state index in [0.29, 0.717) is 43.2 Å². The van der Waals surface area contributed by atoms with Crippen molar-refractivity contribution in [1.29, 1.82) is 0 Å². The Hall–Kier alpha value is -2.74. The van der Waals surface area contributed by atoms with Crippen LogP contribution in [0.25, 0.3) is 0 Å². The highest BCUT2D eigenvalue weighted by molar-refractivity contribution is 6.01. The molecule has 1 saturated carbocycles. The number of carbonyl (C=O) groups is 1. The van der Waals surface area contributed by atoms with Crippen molar-refractivity contribution in [2.24, 2.45) is 5.92 Å². The van der Waals surface area contributed by atoms with Gasteiger partial charge in [-0.1, -0.05) is 6.07 Å². The van der Waals surface area contributed by atoms with Gasteiger partial charge in [0.25, 0.3) is 11.5 Å². The first-order valence-electron chi connectivity index (χ1n) is 9.36. The molecule has 1 amide bonds. The average Bonchev–Trinajstić information content (AvgIpc) is 3.35. The lowest BCUT2D eigenvalue weighted by molar-refractivity contribution is 0.0269. The number of hydroxylamine groups is 1. The van der Waals surface area contributed by atoms with Crippen molar-refractivity contribution in [2.45, 2.75) is 39.2 Å². The molecule has 0 saturated heterocycles. The van der Waals surface area contributed by atoms with E-state index in [0.717, 1.165) is 12.8 Å². The maximum absolute atomic E-state index is 14.9. The monoisotopic (exact) mass is 389 g/mol. The Morgan fingerprint density at radius 2 is 2.11 bits per heavy atom. The number of rotatable bonds is 6. The Morgan fingerprint density at radius 3 is 2.82 bits per heavy atom. The van der Waals surface area contributed by atoms with E-state index < -0.39 is 23.1 Å². The van der Waals surface area contributed by atoms with Crippen LogP contribution in [0.4, 0.5) is 20.2 Å². The van der Waals surface area contributed by atoms with Crippen molar-refractivity contribution < 1.29 is 18.4 Å². The van der Waals surface area contributed by atoms with E-state index in [1.54, 1.807) is 13.0 Å². The molecular formula is C20H21F2N3O3. The van der Waals surface area contributed by atoms with Crippen LogP contribution in [-0.2, 0) is 17.8 Å². The molecule has 148 valence electrons. The first-order chi connectivity index (χ1) is 13.5. The highest BCUT2D eigenvalue weighted by atomic mass is 19.1. The second-order valence-electron chi connectivity index (χ2n) is 7.36. The first-order valence-corrected chi connectivity index (χ1v) is 9.36. The van der Waals surface area contributed by atoms with Gasteiger partial charge in [-0.2, -0.15) is 4.39 Å². The Morgan fingerprint density at radius 1 is 1.32 bits per heavy atom. The van der Waals surface area contributed by atoms with Crippen molar-refractivity contribution in [3.8, 4) is 0 Å². The van der Waals surface area contributed by atoms with Crippen molar-refractivity contribution in [3.63, 3.8) is 0 Å². The summed E-state index contributed by atoms with van der Waals surface area (Å²) in [4.78, 5) is 30.4. The molecule has 2 aromatic rings. The number of amides is 1. The van der Waals surface area contributed by atoms with Crippen LogP contribution in [-0.4, -0.2) is 17.1 Å². The summed E-state index contributed by atoms with van der Waals surface area (Å²) >= 11 is 0. The molecule has 1 aromatic carbocycles. The minimum absolute atomic E-state index is 0.0141. The smallest absolute Gasteiger partial charge is 0.289 e. The predicted octanol–water partition coefficient (Wildman–Crippen LogP) is 3.20. The van der Waals surface area contributed by atoms with Crippen LogP contribution in [0.15, 0.2) is 23.0 Å². The van der Waals surface area contributed by atoms with Gasteiger partial charge in [-0.25, -0.2) is 9.87 Å². The zero-order valence-corrected chi connectivity index (χ0v) is 15.5. The topological polar surface area (TPSA) is 72.4 Å². The molecule has 0 spiro atoms. The fraction of sp³-hybridized carbons (Fsp3) is 0.400. The molecule has 0 bridgehead atoms. The van der Waals surface area contributed by atoms with Gasteiger partial charge in [0.1, 0.15) is 5.82 Å². The maximum atomic E-state index is 14.9. The zero-order valence-electron chi connectivity index (χ0n) is 15.5. The van der Waals surface area contributed by atoms with Crippen LogP contribution in [0, 0.1) is 24.5 Å². The number of aromatic nitrogens is 1. The molecule has 1 aliphatic carbocycles. The fourth-order valence-electron chi connectivity index (χ4n) is 3.42. The minimum atomic E-state index is -1.11. The largest absolute Gasteiger partial charge is 0.350 e. The van der Waals surface area contributed by atoms with Crippen molar-refractivity contribution >= 4 is 17.3 Å². The van der Waals surface area contributed by atoms with Gasteiger partial charge in [0.15, 0.2) is 0 Å². The summed E-state index contributed by atoms with van der Waals surface area (Å²) < 4.78 is 30.4. The molecule has 28 heavy (non-hydrogen) atoms. The maximum Gasteiger partial charge on any atom is 0.289 e. The number of pyridine rings is 1. The summed E-state index contributed by atoms with van der Waals surface area (Å²) in [5.74, 6) is -1.94. The van der Waals surface area contributed by atoms with Crippen LogP contribution < -0.4 is 16.4 Å². The van der Waals surface area contributed by atoms with E-state index in [2.05, 4.69) is 10.8 Å². The third kappa shape index (κ3) is 3.52. The lowest BCUT2D eigenvalue weighted by Crippen LogP contribution is -2.32. The molecule has 2 aliphatic rings. The Kier molecular flexibility index (Phi) is 4.89. The van der Waals surface area contributed by atoms with Gasteiger partial charge in [0, 0.05) is 12.2 Å². The minimum Gasteiger partial charge on any atom is -0.350 e. The van der Waals surface area contributed by atoms with Crippen molar-refractivity contribution in [3.05, 3.63) is 57.0 Å². The predicted molar refractivity (Wildman–Crippen MR) is 99.5 cm³/mol. The molecule has 6 nitrogen and oxygen atoms in total. The van der Waals surface area contributed by atoms with Gasteiger partial charge < -0.3 is 9.88 Å². The van der Waals surface area contributed by atoms with E-state index >= 15 is 0 Å². The molecular weight excluding hydrogens is 368 g/mol. The summed E-state index contributed by atoms with van der Waals surface area (Å²) in [6.07, 6.45) is 3.19. The Labute approximate surface area is 160 Å². The standard InChI is InChI=1S/C20H21F2N3O3/c1-11-4-7-14(13(21)9-11)23-18-16(19(26)24-28-10-12-5-6-12)15-3-2-8-25(15)20(27)17(18)22/h4,7,9,12,23H,2-3,5-6,8,10H2,1H3,(H,24,26). The number of aryl methyl sites for hydroxylation is 1. The summed E-state index contributed by atoms with van der Waals surface area (Å²) in [5, 5.41) is 2.62. The molecule has 1 fully saturated rings. The van der Waals surface area contributed by atoms with Gasteiger partial charge in [-0.15, -0.1) is 0 Å². The highest BCUT2D eigenvalue weighted by Crippen LogP contribution is 2.31. The molecule has 0 atom stereocenters. The second-order valence-corrected chi connectivity index (χ2v) is 7.36. The van der Waals surface area contributed by atoms with Gasteiger partial charge >= 0.3 is 0 Å². The third-order valence-electron chi connectivity index (χ3n) is 5.10.